The number of rotatable bonds is 2. The average Bonchev–Trinajstić information content (AvgIpc) is 2.76. The van der Waals surface area contributed by atoms with Gasteiger partial charge in [-0.1, -0.05) is 0 Å². The minimum atomic E-state index is -0.754. The molecule has 2 atom stereocenters. The molecule has 1 fully saturated rings. The van der Waals surface area contributed by atoms with Crippen molar-refractivity contribution in [3.05, 3.63) is 21.9 Å². The van der Waals surface area contributed by atoms with E-state index in [-0.39, 0.29) is 0 Å². The Hall–Kier alpha value is -0.890. The summed E-state index contributed by atoms with van der Waals surface area (Å²) in [4.78, 5) is 2.02. The summed E-state index contributed by atoms with van der Waals surface area (Å²) in [6.07, 6.45) is 0.827. The summed E-state index contributed by atoms with van der Waals surface area (Å²) >= 11 is 1.55. The molecule has 1 aliphatic heterocycles. The van der Waals surface area contributed by atoms with E-state index < -0.39 is 11.5 Å². The van der Waals surface area contributed by atoms with Crippen molar-refractivity contribution >= 4 is 11.3 Å². The number of nitriles is 1. The van der Waals surface area contributed by atoms with Gasteiger partial charge in [0.15, 0.2) is 0 Å². The number of aliphatic hydroxyl groups is 1. The lowest BCUT2D eigenvalue weighted by atomic mass is 9.78. The molecule has 0 radical (unpaired) electrons. The second-order valence-corrected chi connectivity index (χ2v) is 5.59. The van der Waals surface area contributed by atoms with Crippen LogP contribution in [0.1, 0.15) is 28.7 Å². The van der Waals surface area contributed by atoms with Crippen molar-refractivity contribution in [2.75, 3.05) is 13.2 Å². The molecule has 0 spiro atoms. The van der Waals surface area contributed by atoms with Gasteiger partial charge in [0.2, 0.25) is 0 Å². The number of hydrogen-bond acceptors (Lipinski definition) is 4. The first-order valence-corrected chi connectivity index (χ1v) is 6.23. The minimum absolute atomic E-state index is 0.335. The van der Waals surface area contributed by atoms with Gasteiger partial charge in [-0.05, 0) is 31.9 Å². The molecule has 0 aromatic carbocycles. The van der Waals surface area contributed by atoms with Crippen LogP contribution in [0.5, 0.6) is 0 Å². The molecule has 3 nitrogen and oxygen atoms in total. The minimum Gasteiger partial charge on any atom is -0.386 e. The molecule has 0 saturated carbocycles. The summed E-state index contributed by atoms with van der Waals surface area (Å²) in [6, 6.07) is 6.13. The Kier molecular flexibility index (Phi) is 3.29. The first kappa shape index (κ1) is 11.6. The molecule has 16 heavy (non-hydrogen) atoms. The fraction of sp³-hybridized carbons (Fsp3) is 0.583. The molecule has 1 N–H and O–H groups in total. The van der Waals surface area contributed by atoms with Crippen LogP contribution < -0.4 is 0 Å². The molecule has 1 aliphatic rings. The zero-order valence-corrected chi connectivity index (χ0v) is 10.1. The van der Waals surface area contributed by atoms with Gasteiger partial charge >= 0.3 is 0 Å². The Bertz CT molecular complexity index is 401. The highest BCUT2D eigenvalue weighted by molar-refractivity contribution is 7.12. The van der Waals surface area contributed by atoms with Gasteiger partial charge in [0.1, 0.15) is 11.5 Å². The lowest BCUT2D eigenvalue weighted by Crippen LogP contribution is -2.36. The van der Waals surface area contributed by atoms with Crippen molar-refractivity contribution in [1.82, 2.24) is 0 Å². The molecule has 1 aromatic rings. The summed E-state index contributed by atoms with van der Waals surface area (Å²) < 4.78 is 5.35. The summed E-state index contributed by atoms with van der Waals surface area (Å²) in [5, 5.41) is 19.6. The van der Waals surface area contributed by atoms with Gasteiger partial charge in [0.05, 0.1) is 12.7 Å². The van der Waals surface area contributed by atoms with E-state index in [0.29, 0.717) is 19.6 Å². The van der Waals surface area contributed by atoms with E-state index in [2.05, 4.69) is 6.07 Å². The molecule has 2 heterocycles. The van der Waals surface area contributed by atoms with Crippen LogP contribution in [0.2, 0.25) is 0 Å². The van der Waals surface area contributed by atoms with E-state index in [1.54, 1.807) is 11.3 Å². The second-order valence-electron chi connectivity index (χ2n) is 4.28. The number of ether oxygens (including phenoxy) is 1. The van der Waals surface area contributed by atoms with E-state index in [4.69, 9.17) is 4.74 Å². The molecule has 0 bridgehead atoms. The third-order valence-corrected chi connectivity index (χ3v) is 4.10. The molecule has 1 aromatic heterocycles. The monoisotopic (exact) mass is 237 g/mol. The van der Waals surface area contributed by atoms with Gasteiger partial charge < -0.3 is 9.84 Å². The Balaban J connectivity index is 2.24. The van der Waals surface area contributed by atoms with Crippen molar-refractivity contribution < 1.29 is 9.84 Å². The Morgan fingerprint density at radius 1 is 1.62 bits per heavy atom. The highest BCUT2D eigenvalue weighted by atomic mass is 32.1. The third-order valence-electron chi connectivity index (χ3n) is 3.05. The van der Waals surface area contributed by atoms with Gasteiger partial charge in [-0.3, -0.25) is 0 Å². The lowest BCUT2D eigenvalue weighted by molar-refractivity contribution is -0.0492. The van der Waals surface area contributed by atoms with Crippen LogP contribution in [-0.2, 0) is 4.74 Å². The fourth-order valence-corrected chi connectivity index (χ4v) is 3.03. The fourth-order valence-electron chi connectivity index (χ4n) is 2.05. The highest BCUT2D eigenvalue weighted by Crippen LogP contribution is 2.42. The van der Waals surface area contributed by atoms with Crippen LogP contribution >= 0.6 is 11.3 Å². The van der Waals surface area contributed by atoms with Crippen molar-refractivity contribution in [2.45, 2.75) is 25.9 Å². The van der Waals surface area contributed by atoms with Gasteiger partial charge in [-0.15, -0.1) is 11.3 Å². The smallest absolute Gasteiger partial charge is 0.111 e. The van der Waals surface area contributed by atoms with Gasteiger partial charge in [-0.25, -0.2) is 0 Å². The summed E-state index contributed by atoms with van der Waals surface area (Å²) in [6.45, 7) is 3.03. The first-order chi connectivity index (χ1) is 7.68. The predicted molar refractivity (Wildman–Crippen MR) is 62.1 cm³/mol. The molecular formula is C12H15NO2S. The zero-order valence-electron chi connectivity index (χ0n) is 9.27. The maximum absolute atomic E-state index is 10.3. The Morgan fingerprint density at radius 2 is 2.44 bits per heavy atom. The standard InChI is InChI=1S/C12H15NO2S/c1-9-3-4-10(16-9)11(14)12(7-13)5-2-6-15-8-12/h3-4,11,14H,2,5-6,8H2,1H3. The van der Waals surface area contributed by atoms with Crippen LogP contribution in [0, 0.1) is 23.7 Å². The molecule has 1 saturated heterocycles. The predicted octanol–water partition coefficient (Wildman–Crippen LogP) is 2.41. The van der Waals surface area contributed by atoms with E-state index >= 15 is 0 Å². The quantitative estimate of drug-likeness (QED) is 0.859. The first-order valence-electron chi connectivity index (χ1n) is 5.41. The Labute approximate surface area is 99.3 Å². The van der Waals surface area contributed by atoms with E-state index in [0.717, 1.165) is 16.2 Å². The average molecular weight is 237 g/mol. The lowest BCUT2D eigenvalue weighted by Gasteiger charge is -2.34. The number of aliphatic hydroxyl groups excluding tert-OH is 1. The van der Waals surface area contributed by atoms with Crippen LogP contribution in [-0.4, -0.2) is 18.3 Å². The van der Waals surface area contributed by atoms with Crippen LogP contribution in [0.3, 0.4) is 0 Å². The van der Waals surface area contributed by atoms with E-state index in [9.17, 15) is 10.4 Å². The number of aryl methyl sites for hydroxylation is 1. The number of nitrogens with zero attached hydrogens (tertiary/aromatic N) is 1. The van der Waals surface area contributed by atoms with Crippen LogP contribution in [0.15, 0.2) is 12.1 Å². The maximum Gasteiger partial charge on any atom is 0.111 e. The third kappa shape index (κ3) is 1.99. The maximum atomic E-state index is 10.3. The molecular weight excluding hydrogens is 222 g/mol. The summed E-state index contributed by atoms with van der Waals surface area (Å²) in [7, 11) is 0. The van der Waals surface area contributed by atoms with Crippen LogP contribution in [0.25, 0.3) is 0 Å². The van der Waals surface area contributed by atoms with Crippen molar-refractivity contribution in [1.29, 1.82) is 5.26 Å². The summed E-state index contributed by atoms with van der Waals surface area (Å²) in [5.74, 6) is 0. The molecule has 2 unspecified atom stereocenters. The van der Waals surface area contributed by atoms with Crippen molar-refractivity contribution in [2.24, 2.45) is 5.41 Å². The van der Waals surface area contributed by atoms with Gasteiger partial charge in [0.25, 0.3) is 0 Å². The largest absolute Gasteiger partial charge is 0.386 e. The van der Waals surface area contributed by atoms with Crippen molar-refractivity contribution in [3.63, 3.8) is 0 Å². The van der Waals surface area contributed by atoms with Crippen molar-refractivity contribution in [3.8, 4) is 6.07 Å². The topological polar surface area (TPSA) is 53.2 Å². The molecule has 0 aliphatic carbocycles. The summed E-state index contributed by atoms with van der Waals surface area (Å²) in [5.41, 5.74) is -0.754. The SMILES string of the molecule is Cc1ccc(C(O)C2(C#N)CCCOC2)s1. The number of thiophene rings is 1. The number of hydrogen-bond donors (Lipinski definition) is 1. The zero-order chi connectivity index (χ0) is 11.6. The Morgan fingerprint density at radius 3 is 2.94 bits per heavy atom. The molecule has 0 amide bonds. The molecule has 4 heteroatoms. The van der Waals surface area contributed by atoms with Crippen LogP contribution in [0.4, 0.5) is 0 Å². The van der Waals surface area contributed by atoms with Gasteiger partial charge in [0, 0.05) is 16.4 Å². The molecule has 2 rings (SSSR count). The van der Waals surface area contributed by atoms with E-state index in [1.165, 1.54) is 0 Å². The second kappa shape index (κ2) is 4.54. The molecule has 86 valence electrons. The van der Waals surface area contributed by atoms with E-state index in [1.807, 2.05) is 19.1 Å². The highest BCUT2D eigenvalue weighted by Gasteiger charge is 2.41. The van der Waals surface area contributed by atoms with Gasteiger partial charge in [-0.2, -0.15) is 5.26 Å². The normalized spacial score (nSPS) is 27.3.